The van der Waals surface area contributed by atoms with E-state index in [4.69, 9.17) is 0 Å². The van der Waals surface area contributed by atoms with Crippen molar-refractivity contribution in [3.05, 3.63) is 5.82 Å². The predicted octanol–water partition coefficient (Wildman–Crippen LogP) is 1.28. The van der Waals surface area contributed by atoms with Crippen molar-refractivity contribution in [3.8, 4) is 0 Å². The monoisotopic (exact) mass is 168 g/mol. The third kappa shape index (κ3) is 2.60. The van der Waals surface area contributed by atoms with Crippen molar-refractivity contribution in [2.24, 2.45) is 5.92 Å². The van der Waals surface area contributed by atoms with Crippen molar-refractivity contribution < 1.29 is 0 Å². The van der Waals surface area contributed by atoms with Gasteiger partial charge in [0, 0.05) is 6.42 Å². The zero-order chi connectivity index (χ0) is 8.97. The van der Waals surface area contributed by atoms with E-state index in [1.807, 2.05) is 0 Å². The molecular weight excluding hydrogens is 152 g/mol. The molecular formula is C8H16N4. The van der Waals surface area contributed by atoms with Crippen LogP contribution in [0.2, 0.25) is 0 Å². The summed E-state index contributed by atoms with van der Waals surface area (Å²) in [6, 6.07) is 0. The van der Waals surface area contributed by atoms with E-state index in [0.717, 1.165) is 25.2 Å². The molecule has 0 aliphatic carbocycles. The van der Waals surface area contributed by atoms with Crippen LogP contribution in [0.1, 0.15) is 33.0 Å². The summed E-state index contributed by atoms with van der Waals surface area (Å²) in [6.45, 7) is 7.26. The number of aryl methyl sites for hydroxylation is 1. The molecule has 0 radical (unpaired) electrons. The predicted molar refractivity (Wildman–Crippen MR) is 46.7 cm³/mol. The molecule has 4 nitrogen and oxygen atoms in total. The van der Waals surface area contributed by atoms with Gasteiger partial charge in [-0.2, -0.15) is 4.80 Å². The summed E-state index contributed by atoms with van der Waals surface area (Å²) in [4.78, 5) is 1.68. The van der Waals surface area contributed by atoms with Gasteiger partial charge in [-0.15, -0.1) is 10.2 Å². The third-order valence-electron chi connectivity index (χ3n) is 1.50. The lowest BCUT2D eigenvalue weighted by Gasteiger charge is -2.00. The summed E-state index contributed by atoms with van der Waals surface area (Å²) < 4.78 is 0. The first kappa shape index (κ1) is 9.16. The molecule has 0 aliphatic heterocycles. The topological polar surface area (TPSA) is 43.6 Å². The van der Waals surface area contributed by atoms with Crippen LogP contribution in [0.25, 0.3) is 0 Å². The van der Waals surface area contributed by atoms with Gasteiger partial charge in [0.25, 0.3) is 0 Å². The van der Waals surface area contributed by atoms with Gasteiger partial charge in [-0.05, 0) is 17.6 Å². The molecule has 0 unspecified atom stereocenters. The number of hydrogen-bond donors (Lipinski definition) is 0. The molecule has 1 heterocycles. The van der Waals surface area contributed by atoms with Crippen LogP contribution in [0, 0.1) is 5.92 Å². The molecule has 0 aromatic carbocycles. The molecule has 0 spiro atoms. The molecule has 0 amide bonds. The van der Waals surface area contributed by atoms with E-state index >= 15 is 0 Å². The number of aromatic nitrogens is 4. The number of rotatable bonds is 4. The van der Waals surface area contributed by atoms with Crippen LogP contribution in [-0.4, -0.2) is 20.2 Å². The molecule has 0 aliphatic rings. The summed E-state index contributed by atoms with van der Waals surface area (Å²) >= 11 is 0. The Morgan fingerprint density at radius 3 is 2.75 bits per heavy atom. The Morgan fingerprint density at radius 1 is 1.42 bits per heavy atom. The zero-order valence-electron chi connectivity index (χ0n) is 7.99. The molecule has 12 heavy (non-hydrogen) atoms. The van der Waals surface area contributed by atoms with Crippen LogP contribution in [0.15, 0.2) is 0 Å². The van der Waals surface area contributed by atoms with Gasteiger partial charge in [0.15, 0.2) is 5.82 Å². The largest absolute Gasteiger partial charge is 0.174 e. The van der Waals surface area contributed by atoms with Gasteiger partial charge in [0.05, 0.1) is 6.54 Å². The van der Waals surface area contributed by atoms with Crippen LogP contribution >= 0.6 is 0 Å². The number of nitrogens with zero attached hydrogens (tertiary/aromatic N) is 4. The Hall–Kier alpha value is -0.930. The Morgan fingerprint density at radius 2 is 2.17 bits per heavy atom. The van der Waals surface area contributed by atoms with Gasteiger partial charge in [0.2, 0.25) is 0 Å². The maximum Gasteiger partial charge on any atom is 0.174 e. The van der Waals surface area contributed by atoms with E-state index in [2.05, 4.69) is 36.2 Å². The van der Waals surface area contributed by atoms with E-state index < -0.39 is 0 Å². The highest BCUT2D eigenvalue weighted by Crippen LogP contribution is 1.96. The van der Waals surface area contributed by atoms with Gasteiger partial charge >= 0.3 is 0 Å². The summed E-state index contributed by atoms with van der Waals surface area (Å²) in [5.74, 6) is 1.44. The van der Waals surface area contributed by atoms with E-state index in [-0.39, 0.29) is 0 Å². The van der Waals surface area contributed by atoms with Crippen molar-refractivity contribution in [2.75, 3.05) is 0 Å². The second kappa shape index (κ2) is 4.18. The minimum atomic E-state index is 0.577. The Kier molecular flexibility index (Phi) is 3.19. The molecule has 0 atom stereocenters. The average molecular weight is 168 g/mol. The minimum Gasteiger partial charge on any atom is -0.164 e. The highest BCUT2D eigenvalue weighted by atomic mass is 15.6. The lowest BCUT2D eigenvalue weighted by atomic mass is 10.2. The maximum absolute atomic E-state index is 4.23. The number of hydrogen-bond acceptors (Lipinski definition) is 3. The Bertz CT molecular complexity index is 229. The number of tetrazole rings is 1. The molecule has 1 aromatic heterocycles. The second-order valence-corrected chi connectivity index (χ2v) is 3.40. The minimum absolute atomic E-state index is 0.577. The molecule has 68 valence electrons. The molecule has 0 saturated heterocycles. The fraction of sp³-hybridized carbons (Fsp3) is 0.875. The third-order valence-corrected chi connectivity index (χ3v) is 1.50. The van der Waals surface area contributed by atoms with E-state index in [0.29, 0.717) is 5.92 Å². The molecule has 0 fully saturated rings. The molecule has 0 N–H and O–H groups in total. The summed E-state index contributed by atoms with van der Waals surface area (Å²) in [6.07, 6.45) is 2.01. The zero-order valence-corrected chi connectivity index (χ0v) is 7.99. The molecule has 4 heteroatoms. The van der Waals surface area contributed by atoms with Gasteiger partial charge in [-0.1, -0.05) is 20.8 Å². The Labute approximate surface area is 73.0 Å². The first-order chi connectivity index (χ1) is 5.72. The highest BCUT2D eigenvalue weighted by Gasteiger charge is 2.02. The molecule has 1 aromatic rings. The average Bonchev–Trinajstić information content (AvgIpc) is 2.36. The fourth-order valence-corrected chi connectivity index (χ4v) is 1.00. The van der Waals surface area contributed by atoms with E-state index in [1.165, 1.54) is 0 Å². The van der Waals surface area contributed by atoms with Crippen molar-refractivity contribution in [1.29, 1.82) is 0 Å². The van der Waals surface area contributed by atoms with Gasteiger partial charge in [-0.3, -0.25) is 0 Å². The molecule has 1 rings (SSSR count). The van der Waals surface area contributed by atoms with Crippen LogP contribution in [0.3, 0.4) is 0 Å². The highest BCUT2D eigenvalue weighted by molar-refractivity contribution is 4.75. The van der Waals surface area contributed by atoms with Crippen LogP contribution in [0.5, 0.6) is 0 Å². The van der Waals surface area contributed by atoms with E-state index in [9.17, 15) is 0 Å². The summed E-state index contributed by atoms with van der Waals surface area (Å²) in [5, 5.41) is 12.1. The SMILES string of the molecule is CCCc1nnn(CC(C)C)n1. The van der Waals surface area contributed by atoms with Crippen molar-refractivity contribution in [3.63, 3.8) is 0 Å². The molecule has 0 bridgehead atoms. The van der Waals surface area contributed by atoms with Gasteiger partial charge in [-0.25, -0.2) is 0 Å². The molecule has 0 saturated carbocycles. The Balaban J connectivity index is 2.52. The van der Waals surface area contributed by atoms with E-state index in [1.54, 1.807) is 4.80 Å². The lowest BCUT2D eigenvalue weighted by Crippen LogP contribution is -2.08. The van der Waals surface area contributed by atoms with Crippen molar-refractivity contribution >= 4 is 0 Å². The lowest BCUT2D eigenvalue weighted by molar-refractivity contribution is 0.428. The smallest absolute Gasteiger partial charge is 0.164 e. The van der Waals surface area contributed by atoms with Crippen molar-refractivity contribution in [1.82, 2.24) is 20.2 Å². The standard InChI is InChI=1S/C8H16N4/c1-4-5-8-9-11-12(10-8)6-7(2)3/h7H,4-6H2,1-3H3. The maximum atomic E-state index is 4.23. The summed E-state index contributed by atoms with van der Waals surface area (Å²) in [7, 11) is 0. The first-order valence-corrected chi connectivity index (χ1v) is 4.49. The van der Waals surface area contributed by atoms with Crippen LogP contribution < -0.4 is 0 Å². The summed E-state index contributed by atoms with van der Waals surface area (Å²) in [5.41, 5.74) is 0. The second-order valence-electron chi connectivity index (χ2n) is 3.40. The van der Waals surface area contributed by atoms with Crippen LogP contribution in [0.4, 0.5) is 0 Å². The van der Waals surface area contributed by atoms with Crippen LogP contribution in [-0.2, 0) is 13.0 Å². The normalized spacial score (nSPS) is 11.0. The fourth-order valence-electron chi connectivity index (χ4n) is 1.00. The van der Waals surface area contributed by atoms with Crippen molar-refractivity contribution in [2.45, 2.75) is 40.2 Å². The quantitative estimate of drug-likeness (QED) is 0.680. The van der Waals surface area contributed by atoms with Gasteiger partial charge in [0.1, 0.15) is 0 Å². The van der Waals surface area contributed by atoms with Gasteiger partial charge < -0.3 is 0 Å². The first-order valence-electron chi connectivity index (χ1n) is 4.49.